The average molecular weight is 762 g/mol. The number of carbonyl (C=O) groups excluding carboxylic acids is 1. The Balaban J connectivity index is 2.73. The number of nitrogens with one attached hydrogen (secondary N) is 1. The summed E-state index contributed by atoms with van der Waals surface area (Å²) in [5.74, 6) is -0.623. The lowest BCUT2D eigenvalue weighted by Gasteiger charge is -2.41. The Hall–Kier alpha value is -1.74. The fraction of sp³-hybridized carbons (Fsp3) is 0.763. The number of hydrogen-bond acceptors (Lipinski definition) is 11. The van der Waals surface area contributed by atoms with Crippen molar-refractivity contribution in [2.24, 2.45) is 0 Å². The molecule has 1 amide bonds. The molecule has 0 radical (unpaired) electrons. The molecule has 0 aromatic heterocycles. The topological polar surface area (TPSA) is 226 Å². The van der Waals surface area contributed by atoms with E-state index in [0.717, 1.165) is 51.4 Å². The van der Waals surface area contributed by atoms with Gasteiger partial charge >= 0.3 is 7.82 Å². The Kier molecular flexibility index (Phi) is 26.6. The van der Waals surface area contributed by atoms with E-state index in [9.17, 15) is 50.0 Å². The van der Waals surface area contributed by atoms with Crippen LogP contribution in [0.25, 0.3) is 0 Å². The molecule has 9 N–H and O–H groups in total. The molecular weight excluding hydrogens is 693 g/mol. The summed E-state index contributed by atoms with van der Waals surface area (Å²) in [4.78, 5) is 23.2. The zero-order valence-electron chi connectivity index (χ0n) is 31.2. The number of hydrogen-bond donors (Lipinski definition) is 9. The fourth-order valence-corrected chi connectivity index (χ4v) is 6.57. The van der Waals surface area contributed by atoms with Gasteiger partial charge in [-0.15, -0.1) is 0 Å². The van der Waals surface area contributed by atoms with Crippen molar-refractivity contribution in [1.82, 2.24) is 5.32 Å². The van der Waals surface area contributed by atoms with Gasteiger partial charge in [0.25, 0.3) is 0 Å². The third kappa shape index (κ3) is 21.2. The smallest absolute Gasteiger partial charge is 0.393 e. The third-order valence-corrected chi connectivity index (χ3v) is 9.85. The molecule has 13 nitrogen and oxygen atoms in total. The number of aliphatic hydroxyl groups excluding tert-OH is 7. The Morgan fingerprint density at radius 3 is 1.71 bits per heavy atom. The van der Waals surface area contributed by atoms with Gasteiger partial charge in [0.1, 0.15) is 36.6 Å². The van der Waals surface area contributed by atoms with Crippen LogP contribution >= 0.6 is 7.82 Å². The number of allylic oxidation sites excluding steroid dienone is 7. The van der Waals surface area contributed by atoms with Gasteiger partial charge in [-0.1, -0.05) is 101 Å². The van der Waals surface area contributed by atoms with E-state index in [0.29, 0.717) is 19.3 Å². The second kappa shape index (κ2) is 28.7. The van der Waals surface area contributed by atoms with Crippen LogP contribution in [0.4, 0.5) is 0 Å². The first-order valence-corrected chi connectivity index (χ1v) is 20.7. The second-order valence-corrected chi connectivity index (χ2v) is 15.0. The number of amides is 1. The van der Waals surface area contributed by atoms with Crippen molar-refractivity contribution in [1.29, 1.82) is 0 Å². The van der Waals surface area contributed by atoms with E-state index in [-0.39, 0.29) is 6.42 Å². The van der Waals surface area contributed by atoms with E-state index in [2.05, 4.69) is 49.5 Å². The highest BCUT2D eigenvalue weighted by atomic mass is 31.2. The predicted octanol–water partition coefficient (Wildman–Crippen LogP) is 4.41. The highest BCUT2D eigenvalue weighted by Crippen LogP contribution is 2.47. The van der Waals surface area contributed by atoms with Gasteiger partial charge in [-0.3, -0.25) is 13.8 Å². The van der Waals surface area contributed by atoms with E-state index in [4.69, 9.17) is 9.05 Å². The van der Waals surface area contributed by atoms with Gasteiger partial charge in [0.2, 0.25) is 5.91 Å². The van der Waals surface area contributed by atoms with E-state index in [1.165, 1.54) is 38.2 Å². The Labute approximate surface area is 310 Å². The van der Waals surface area contributed by atoms with Crippen molar-refractivity contribution in [3.63, 3.8) is 0 Å². The minimum Gasteiger partial charge on any atom is -0.393 e. The van der Waals surface area contributed by atoms with Crippen LogP contribution in [-0.2, 0) is 18.4 Å². The number of phosphoric ester groups is 1. The zero-order valence-corrected chi connectivity index (χ0v) is 32.1. The van der Waals surface area contributed by atoms with Gasteiger partial charge in [-0.25, -0.2) is 4.57 Å². The van der Waals surface area contributed by atoms with Crippen molar-refractivity contribution in [2.75, 3.05) is 6.61 Å². The molecular formula is C38H68NO12P. The van der Waals surface area contributed by atoms with Crippen LogP contribution in [0.5, 0.6) is 0 Å². The van der Waals surface area contributed by atoms with Crippen LogP contribution < -0.4 is 5.32 Å². The maximum atomic E-state index is 12.9. The lowest BCUT2D eigenvalue weighted by Crippen LogP contribution is -2.64. The van der Waals surface area contributed by atoms with Crippen LogP contribution in [0.1, 0.15) is 123 Å². The summed E-state index contributed by atoms with van der Waals surface area (Å²) in [6.45, 7) is 3.58. The molecule has 1 saturated carbocycles. The number of rotatable bonds is 29. The van der Waals surface area contributed by atoms with Gasteiger partial charge in [-0.2, -0.15) is 0 Å². The van der Waals surface area contributed by atoms with Gasteiger partial charge in [0, 0.05) is 0 Å². The molecule has 14 heteroatoms. The van der Waals surface area contributed by atoms with Crippen molar-refractivity contribution < 1.29 is 59.0 Å². The van der Waals surface area contributed by atoms with Gasteiger partial charge in [0.05, 0.1) is 31.3 Å². The minimum atomic E-state index is -5.14. The number of phosphoric acid groups is 1. The molecule has 0 aliphatic heterocycles. The Morgan fingerprint density at radius 1 is 0.673 bits per heavy atom. The normalized spacial score (nSPS) is 25.7. The predicted molar refractivity (Wildman–Crippen MR) is 201 cm³/mol. The molecule has 0 spiro atoms. The molecule has 0 aromatic rings. The lowest BCUT2D eigenvalue weighted by atomic mass is 9.85. The van der Waals surface area contributed by atoms with E-state index < -0.39 is 75.2 Å². The molecule has 8 unspecified atom stereocenters. The van der Waals surface area contributed by atoms with Gasteiger partial charge in [-0.05, 0) is 64.2 Å². The first kappa shape index (κ1) is 48.3. The summed E-state index contributed by atoms with van der Waals surface area (Å²) in [6, 6.07) is -1.27. The summed E-state index contributed by atoms with van der Waals surface area (Å²) < 4.78 is 22.7. The first-order chi connectivity index (χ1) is 24.8. The quantitative estimate of drug-likeness (QED) is 0.0294. The van der Waals surface area contributed by atoms with Crippen LogP contribution in [0.3, 0.4) is 0 Å². The van der Waals surface area contributed by atoms with Gasteiger partial charge < -0.3 is 46.0 Å². The largest absolute Gasteiger partial charge is 0.472 e. The molecule has 0 heterocycles. The van der Waals surface area contributed by atoms with Crippen molar-refractivity contribution >= 4 is 13.7 Å². The molecule has 1 rings (SSSR count). The summed E-state index contributed by atoms with van der Waals surface area (Å²) in [5, 5.41) is 73.9. The average Bonchev–Trinajstić information content (AvgIpc) is 3.11. The number of unbranched alkanes of at least 4 members (excludes halogenated alkanes) is 10. The number of carbonyl (C=O) groups is 1. The highest BCUT2D eigenvalue weighted by molar-refractivity contribution is 7.47. The molecule has 8 atom stereocenters. The van der Waals surface area contributed by atoms with Crippen LogP contribution in [0.15, 0.2) is 48.6 Å². The van der Waals surface area contributed by atoms with Crippen molar-refractivity contribution in [3.8, 4) is 0 Å². The zero-order chi connectivity index (χ0) is 38.8. The Bertz CT molecular complexity index is 1090. The molecule has 1 aliphatic carbocycles. The van der Waals surface area contributed by atoms with E-state index >= 15 is 0 Å². The molecule has 1 aliphatic rings. The van der Waals surface area contributed by atoms with Crippen molar-refractivity contribution in [2.45, 2.75) is 178 Å². The number of aliphatic hydroxyl groups is 7. The molecule has 0 saturated heterocycles. The lowest BCUT2D eigenvalue weighted by molar-refractivity contribution is -0.220. The SMILES string of the molecule is CCCC/C=C/CC/C=C/CC/C=C/C(O)C(COP(=O)(O)OC1C(O)C(O)C(O)C(O)C1O)NC(=O)CC(O)CCCCC/C=C\CCCCC. The van der Waals surface area contributed by atoms with E-state index in [1.54, 1.807) is 6.08 Å². The molecule has 302 valence electrons. The monoisotopic (exact) mass is 761 g/mol. The molecule has 52 heavy (non-hydrogen) atoms. The fourth-order valence-electron chi connectivity index (χ4n) is 5.60. The standard InChI is InChI=1S/C38H68NO12P/c1-3-5-7-9-11-13-15-16-18-20-22-24-26-31(41)30(28-50-52(48,49)51-38-36(46)34(44)33(43)35(45)37(38)47)39-32(42)27-29(40)25-23-21-19-17-14-12-10-8-6-4-2/h9,11-12,14,16,18,24,26,29-31,33-38,40-41,43-47H,3-8,10,13,15,17,19-23,25,27-28H2,1-2H3,(H,39,42)(H,48,49)/b11-9+,14-12-,18-16+,26-24+. The molecule has 1 fully saturated rings. The van der Waals surface area contributed by atoms with Gasteiger partial charge in [0.15, 0.2) is 0 Å². The third-order valence-electron chi connectivity index (χ3n) is 8.86. The maximum absolute atomic E-state index is 12.9. The molecule has 0 bridgehead atoms. The van der Waals surface area contributed by atoms with Crippen LogP contribution in [0, 0.1) is 0 Å². The summed E-state index contributed by atoms with van der Waals surface area (Å²) in [7, 11) is -5.14. The second-order valence-electron chi connectivity index (χ2n) is 13.6. The van der Waals surface area contributed by atoms with Crippen LogP contribution in [0.2, 0.25) is 0 Å². The summed E-state index contributed by atoms with van der Waals surface area (Å²) in [6.07, 6.45) is 16.6. The van der Waals surface area contributed by atoms with Crippen molar-refractivity contribution in [3.05, 3.63) is 48.6 Å². The molecule has 0 aromatic carbocycles. The van der Waals surface area contributed by atoms with E-state index in [1.807, 2.05) is 6.08 Å². The maximum Gasteiger partial charge on any atom is 0.472 e. The Morgan fingerprint density at radius 2 is 1.15 bits per heavy atom. The summed E-state index contributed by atoms with van der Waals surface area (Å²) in [5.41, 5.74) is 0. The van der Waals surface area contributed by atoms with Crippen LogP contribution in [-0.4, -0.2) is 108 Å². The summed E-state index contributed by atoms with van der Waals surface area (Å²) >= 11 is 0. The first-order valence-electron chi connectivity index (χ1n) is 19.2. The minimum absolute atomic E-state index is 0.269. The highest BCUT2D eigenvalue weighted by Gasteiger charge is 2.51.